The van der Waals surface area contributed by atoms with Gasteiger partial charge in [-0.1, -0.05) is 52.6 Å². The molecule has 0 spiro atoms. The lowest BCUT2D eigenvalue weighted by Crippen LogP contribution is -2.06. The van der Waals surface area contributed by atoms with Crippen LogP contribution < -0.4 is 5.32 Å². The molecule has 0 aromatic rings. The van der Waals surface area contributed by atoms with Crippen LogP contribution >= 0.6 is 0 Å². The zero-order valence-electron chi connectivity index (χ0n) is 14.4. The van der Waals surface area contributed by atoms with Crippen molar-refractivity contribution in [2.45, 2.75) is 67.7 Å². The van der Waals surface area contributed by atoms with Gasteiger partial charge in [-0.15, -0.1) is 0 Å². The van der Waals surface area contributed by atoms with Gasteiger partial charge in [0.2, 0.25) is 0 Å². The fourth-order valence-corrected chi connectivity index (χ4v) is 0.749. The van der Waals surface area contributed by atoms with E-state index in [1.807, 2.05) is 34.7 Å². The van der Waals surface area contributed by atoms with Gasteiger partial charge in [-0.05, 0) is 33.9 Å². The van der Waals surface area contributed by atoms with E-state index in [2.05, 4.69) is 22.2 Å². The van der Waals surface area contributed by atoms with E-state index in [9.17, 15) is 4.79 Å². The third kappa shape index (κ3) is 59.4. The SMILES string of the molecule is CC.CC.CC(C)=NOCC=O.CCCCCNC. The van der Waals surface area contributed by atoms with Gasteiger partial charge in [-0.2, -0.15) is 0 Å². The molecule has 0 bridgehead atoms. The molecule has 0 saturated carbocycles. The highest BCUT2D eigenvalue weighted by Gasteiger charge is 1.79. The van der Waals surface area contributed by atoms with Crippen molar-refractivity contribution in [2.75, 3.05) is 20.2 Å². The third-order valence-electron chi connectivity index (χ3n) is 1.42. The summed E-state index contributed by atoms with van der Waals surface area (Å²) in [5.74, 6) is 0. The number of hydrogen-bond acceptors (Lipinski definition) is 4. The van der Waals surface area contributed by atoms with E-state index < -0.39 is 0 Å². The van der Waals surface area contributed by atoms with Crippen LogP contribution in [0.1, 0.15) is 67.7 Å². The normalized spacial score (nSPS) is 7.37. The monoisotopic (exact) mass is 276 g/mol. The molecule has 4 heteroatoms. The molecule has 0 aliphatic heterocycles. The van der Waals surface area contributed by atoms with Crippen LogP contribution in [0.3, 0.4) is 0 Å². The predicted molar refractivity (Wildman–Crippen MR) is 86.9 cm³/mol. The Kier molecular flexibility index (Phi) is 50.4. The van der Waals surface area contributed by atoms with E-state index in [0.717, 1.165) is 5.71 Å². The number of unbranched alkanes of at least 4 members (excludes halogenated alkanes) is 2. The van der Waals surface area contributed by atoms with E-state index in [1.54, 1.807) is 13.8 Å². The molecule has 0 rings (SSSR count). The maximum Gasteiger partial charge on any atom is 0.172 e. The quantitative estimate of drug-likeness (QED) is 0.330. The van der Waals surface area contributed by atoms with E-state index in [4.69, 9.17) is 0 Å². The van der Waals surface area contributed by atoms with Gasteiger partial charge < -0.3 is 10.2 Å². The van der Waals surface area contributed by atoms with Crippen LogP contribution in [0.4, 0.5) is 0 Å². The largest absolute Gasteiger partial charge is 0.388 e. The molecule has 0 aromatic carbocycles. The van der Waals surface area contributed by atoms with Gasteiger partial charge in [0.1, 0.15) is 0 Å². The van der Waals surface area contributed by atoms with Gasteiger partial charge in [0.05, 0.1) is 5.71 Å². The Morgan fingerprint density at radius 2 is 1.68 bits per heavy atom. The Morgan fingerprint density at radius 3 is 2.00 bits per heavy atom. The maximum absolute atomic E-state index is 9.59. The molecule has 0 fully saturated rings. The van der Waals surface area contributed by atoms with Gasteiger partial charge in [-0.25, -0.2) is 0 Å². The second-order valence-corrected chi connectivity index (χ2v) is 3.31. The van der Waals surface area contributed by atoms with Crippen molar-refractivity contribution in [1.29, 1.82) is 0 Å². The van der Waals surface area contributed by atoms with Gasteiger partial charge in [0.25, 0.3) is 0 Å². The summed E-state index contributed by atoms with van der Waals surface area (Å²) in [6.07, 6.45) is 4.67. The van der Waals surface area contributed by atoms with Gasteiger partial charge in [0, 0.05) is 0 Å². The molecule has 0 unspecified atom stereocenters. The summed E-state index contributed by atoms with van der Waals surface area (Å²) < 4.78 is 0. The Balaban J connectivity index is -0.0000000941. The van der Waals surface area contributed by atoms with Crippen molar-refractivity contribution >= 4 is 12.0 Å². The molecule has 118 valence electrons. The standard InChI is InChI=1S/C6H15N.C5H9NO2.2C2H6/c1-3-4-5-6-7-2;1-5(2)6-8-4-3-7;2*1-2/h7H,3-6H2,1-2H3;3H,4H2,1-2H3;2*1-2H3. The lowest BCUT2D eigenvalue weighted by atomic mass is 10.2. The van der Waals surface area contributed by atoms with E-state index in [0.29, 0.717) is 6.29 Å². The molecule has 0 radical (unpaired) electrons. The minimum Gasteiger partial charge on any atom is -0.388 e. The zero-order chi connectivity index (χ0) is 15.9. The Bertz CT molecular complexity index is 152. The predicted octanol–water partition coefficient (Wildman–Crippen LogP) is 4.05. The fourth-order valence-electron chi connectivity index (χ4n) is 0.749. The smallest absolute Gasteiger partial charge is 0.172 e. The molecule has 0 heterocycles. The first-order chi connectivity index (χ1) is 9.18. The number of nitrogens with one attached hydrogen (secondary N) is 1. The number of nitrogens with zero attached hydrogens (tertiary/aromatic N) is 1. The first-order valence-corrected chi connectivity index (χ1v) is 7.40. The van der Waals surface area contributed by atoms with Gasteiger partial charge >= 0.3 is 0 Å². The minimum atomic E-state index is 0.0468. The van der Waals surface area contributed by atoms with Gasteiger partial charge in [-0.3, -0.25) is 4.79 Å². The summed E-state index contributed by atoms with van der Waals surface area (Å²) in [6.45, 7) is 15.0. The lowest BCUT2D eigenvalue weighted by Gasteiger charge is -1.93. The van der Waals surface area contributed by atoms with Crippen LogP contribution in [0.2, 0.25) is 0 Å². The van der Waals surface area contributed by atoms with Crippen molar-refractivity contribution in [3.8, 4) is 0 Å². The van der Waals surface area contributed by atoms with Crippen LogP contribution in [0.5, 0.6) is 0 Å². The van der Waals surface area contributed by atoms with Gasteiger partial charge in [0.15, 0.2) is 12.9 Å². The van der Waals surface area contributed by atoms with Crippen LogP contribution in [0, 0.1) is 0 Å². The minimum absolute atomic E-state index is 0.0468. The summed E-state index contributed by atoms with van der Waals surface area (Å²) in [4.78, 5) is 14.1. The number of aldehydes is 1. The summed E-state index contributed by atoms with van der Waals surface area (Å²) in [7, 11) is 2.00. The maximum atomic E-state index is 9.59. The summed E-state index contributed by atoms with van der Waals surface area (Å²) in [5.41, 5.74) is 0.812. The number of carbonyl (C=O) groups is 1. The third-order valence-corrected chi connectivity index (χ3v) is 1.42. The van der Waals surface area contributed by atoms with Crippen molar-refractivity contribution in [1.82, 2.24) is 5.32 Å². The highest BCUT2D eigenvalue weighted by molar-refractivity contribution is 5.78. The molecule has 0 atom stereocenters. The molecule has 0 amide bonds. The number of carbonyl (C=O) groups excluding carboxylic acids is 1. The van der Waals surface area contributed by atoms with Crippen LogP contribution in [0.15, 0.2) is 5.16 Å². The lowest BCUT2D eigenvalue weighted by molar-refractivity contribution is -0.111. The Labute approximate surface area is 121 Å². The molecule has 4 nitrogen and oxygen atoms in total. The van der Waals surface area contributed by atoms with E-state index in [1.165, 1.54) is 25.8 Å². The van der Waals surface area contributed by atoms with Crippen LogP contribution in [-0.2, 0) is 9.63 Å². The van der Waals surface area contributed by atoms with Crippen molar-refractivity contribution in [3.63, 3.8) is 0 Å². The van der Waals surface area contributed by atoms with E-state index >= 15 is 0 Å². The Hall–Kier alpha value is -0.900. The average molecular weight is 276 g/mol. The number of rotatable bonds is 7. The fraction of sp³-hybridized carbons (Fsp3) is 0.867. The zero-order valence-corrected chi connectivity index (χ0v) is 14.4. The van der Waals surface area contributed by atoms with Crippen molar-refractivity contribution < 1.29 is 9.63 Å². The number of oxime groups is 1. The molecule has 19 heavy (non-hydrogen) atoms. The molecular formula is C15H36N2O2. The summed E-state index contributed by atoms with van der Waals surface area (Å²) >= 11 is 0. The Morgan fingerprint density at radius 1 is 1.16 bits per heavy atom. The first-order valence-electron chi connectivity index (χ1n) is 7.40. The second-order valence-electron chi connectivity index (χ2n) is 3.31. The molecule has 0 aliphatic rings. The highest BCUT2D eigenvalue weighted by atomic mass is 16.6. The average Bonchev–Trinajstić information content (AvgIpc) is 2.45. The molecular weight excluding hydrogens is 240 g/mol. The molecule has 0 saturated heterocycles. The summed E-state index contributed by atoms with van der Waals surface area (Å²) in [6, 6.07) is 0. The first kappa shape index (κ1) is 26.6. The van der Waals surface area contributed by atoms with Crippen molar-refractivity contribution in [3.05, 3.63) is 0 Å². The molecule has 0 aliphatic carbocycles. The van der Waals surface area contributed by atoms with Crippen LogP contribution in [0.25, 0.3) is 0 Å². The summed E-state index contributed by atoms with van der Waals surface area (Å²) in [5, 5.41) is 6.60. The topological polar surface area (TPSA) is 50.7 Å². The molecule has 1 N–H and O–H groups in total. The van der Waals surface area contributed by atoms with E-state index in [-0.39, 0.29) is 6.61 Å². The second kappa shape index (κ2) is 36.0. The molecule has 0 aromatic heterocycles. The highest BCUT2D eigenvalue weighted by Crippen LogP contribution is 1.89. The number of hydrogen-bond donors (Lipinski definition) is 1. The van der Waals surface area contributed by atoms with Crippen LogP contribution in [-0.4, -0.2) is 32.2 Å². The van der Waals surface area contributed by atoms with Crippen molar-refractivity contribution in [2.24, 2.45) is 5.16 Å².